The number of aryl methyl sites for hydroxylation is 1. The highest BCUT2D eigenvalue weighted by atomic mass is 32.2. The van der Waals surface area contributed by atoms with Crippen LogP contribution in [0.25, 0.3) is 10.8 Å². The monoisotopic (exact) mass is 476 g/mol. The van der Waals surface area contributed by atoms with Crippen molar-refractivity contribution in [2.75, 3.05) is 0 Å². The molecule has 3 aromatic rings. The summed E-state index contributed by atoms with van der Waals surface area (Å²) in [6, 6.07) is 20.9. The molecule has 0 amide bonds. The molecule has 0 aliphatic carbocycles. The van der Waals surface area contributed by atoms with Gasteiger partial charge in [-0.25, -0.2) is 0 Å². The predicted octanol–water partition coefficient (Wildman–Crippen LogP) is 10.7. The Kier molecular flexibility index (Phi) is 12.5. The van der Waals surface area contributed by atoms with E-state index in [1.165, 1.54) is 100 Å². The van der Waals surface area contributed by atoms with Gasteiger partial charge in [-0.05, 0) is 35.9 Å². The van der Waals surface area contributed by atoms with Crippen LogP contribution in [0, 0.1) is 0 Å². The van der Waals surface area contributed by atoms with Crippen LogP contribution in [0.1, 0.15) is 102 Å². The molecule has 0 unspecified atom stereocenters. The van der Waals surface area contributed by atoms with Gasteiger partial charge in [-0.2, -0.15) is 0 Å². The standard InChI is InChI=1S/C32H44OS/c1-2-3-4-5-6-7-8-9-10-11-12-13-14-15-21-28-22-17-19-24-30(28)34-31-26-25-27-20-16-18-23-29(27)32(31)33/h16-20,22-26,33H,2-15,21H2,1H3. The zero-order valence-electron chi connectivity index (χ0n) is 21.2. The Hall–Kier alpha value is -1.93. The van der Waals surface area contributed by atoms with Crippen molar-refractivity contribution in [3.8, 4) is 5.75 Å². The summed E-state index contributed by atoms with van der Waals surface area (Å²) in [4.78, 5) is 2.20. The minimum absolute atomic E-state index is 0.398. The van der Waals surface area contributed by atoms with Gasteiger partial charge in [0.25, 0.3) is 0 Å². The fraction of sp³-hybridized carbons (Fsp3) is 0.500. The van der Waals surface area contributed by atoms with Gasteiger partial charge in [0.05, 0.1) is 4.90 Å². The molecule has 0 saturated carbocycles. The van der Waals surface area contributed by atoms with Gasteiger partial charge in [-0.1, -0.05) is 151 Å². The molecule has 3 aromatic carbocycles. The van der Waals surface area contributed by atoms with Crippen LogP contribution in [0.5, 0.6) is 5.75 Å². The van der Waals surface area contributed by atoms with E-state index in [-0.39, 0.29) is 0 Å². The van der Waals surface area contributed by atoms with E-state index < -0.39 is 0 Å². The SMILES string of the molecule is CCCCCCCCCCCCCCCCc1ccccc1Sc1ccc2ccccc2c1O. The summed E-state index contributed by atoms with van der Waals surface area (Å²) in [6.07, 6.45) is 20.7. The summed E-state index contributed by atoms with van der Waals surface area (Å²) in [5, 5.41) is 12.8. The van der Waals surface area contributed by atoms with Crippen LogP contribution in [0.2, 0.25) is 0 Å². The van der Waals surface area contributed by atoms with Gasteiger partial charge in [-0.3, -0.25) is 0 Å². The molecule has 0 heterocycles. The van der Waals surface area contributed by atoms with Crippen molar-refractivity contribution in [3.63, 3.8) is 0 Å². The minimum atomic E-state index is 0.398. The molecule has 1 N–H and O–H groups in total. The number of rotatable bonds is 17. The highest BCUT2D eigenvalue weighted by molar-refractivity contribution is 7.99. The minimum Gasteiger partial charge on any atom is -0.506 e. The average Bonchev–Trinajstić information content (AvgIpc) is 2.87. The lowest BCUT2D eigenvalue weighted by Gasteiger charge is -2.11. The maximum absolute atomic E-state index is 10.8. The molecule has 0 bridgehead atoms. The lowest BCUT2D eigenvalue weighted by molar-refractivity contribution is 0.469. The van der Waals surface area contributed by atoms with Gasteiger partial charge >= 0.3 is 0 Å². The lowest BCUT2D eigenvalue weighted by atomic mass is 10.0. The summed E-state index contributed by atoms with van der Waals surface area (Å²) < 4.78 is 0. The Morgan fingerprint density at radius 2 is 1.12 bits per heavy atom. The number of phenolic OH excluding ortho intramolecular Hbond substituents is 1. The van der Waals surface area contributed by atoms with Gasteiger partial charge in [-0.15, -0.1) is 0 Å². The maximum Gasteiger partial charge on any atom is 0.137 e. The average molecular weight is 477 g/mol. The van der Waals surface area contributed by atoms with Crippen LogP contribution >= 0.6 is 11.8 Å². The third kappa shape index (κ3) is 9.02. The summed E-state index contributed by atoms with van der Waals surface area (Å²) in [5.74, 6) is 0.398. The molecule has 3 rings (SSSR count). The Labute approximate surface area is 212 Å². The Morgan fingerprint density at radius 1 is 0.559 bits per heavy atom. The van der Waals surface area contributed by atoms with E-state index in [1.54, 1.807) is 11.8 Å². The molecule has 184 valence electrons. The fourth-order valence-electron chi connectivity index (χ4n) is 4.76. The maximum atomic E-state index is 10.8. The van der Waals surface area contributed by atoms with E-state index >= 15 is 0 Å². The summed E-state index contributed by atoms with van der Waals surface area (Å²) in [5.41, 5.74) is 1.40. The van der Waals surface area contributed by atoms with E-state index in [9.17, 15) is 5.11 Å². The second kappa shape index (κ2) is 15.9. The number of benzene rings is 3. The predicted molar refractivity (Wildman–Crippen MR) is 150 cm³/mol. The molecular formula is C32H44OS. The van der Waals surface area contributed by atoms with Crippen molar-refractivity contribution in [2.24, 2.45) is 0 Å². The van der Waals surface area contributed by atoms with Crippen molar-refractivity contribution >= 4 is 22.5 Å². The molecule has 0 aliphatic heterocycles. The zero-order chi connectivity index (χ0) is 23.8. The molecule has 34 heavy (non-hydrogen) atoms. The lowest BCUT2D eigenvalue weighted by Crippen LogP contribution is -1.90. The fourth-order valence-corrected chi connectivity index (χ4v) is 5.78. The Morgan fingerprint density at radius 3 is 1.79 bits per heavy atom. The van der Waals surface area contributed by atoms with E-state index in [2.05, 4.69) is 37.3 Å². The Bertz CT molecular complexity index is 964. The number of unbranched alkanes of at least 4 members (excludes halogenated alkanes) is 13. The molecule has 2 heteroatoms. The molecule has 0 spiro atoms. The van der Waals surface area contributed by atoms with Gasteiger partial charge in [0.15, 0.2) is 0 Å². The molecule has 0 saturated heterocycles. The number of hydrogen-bond donors (Lipinski definition) is 1. The van der Waals surface area contributed by atoms with Crippen LogP contribution in [-0.2, 0) is 6.42 Å². The van der Waals surface area contributed by atoms with Gasteiger partial charge in [0.1, 0.15) is 5.75 Å². The molecular weight excluding hydrogens is 432 g/mol. The largest absolute Gasteiger partial charge is 0.506 e. The van der Waals surface area contributed by atoms with Crippen molar-refractivity contribution < 1.29 is 5.11 Å². The van der Waals surface area contributed by atoms with E-state index in [0.717, 1.165) is 22.1 Å². The van der Waals surface area contributed by atoms with Gasteiger partial charge in [0.2, 0.25) is 0 Å². The smallest absolute Gasteiger partial charge is 0.137 e. The van der Waals surface area contributed by atoms with Crippen LogP contribution in [0.4, 0.5) is 0 Å². The Balaban J connectivity index is 1.32. The highest BCUT2D eigenvalue weighted by Crippen LogP contribution is 2.40. The van der Waals surface area contributed by atoms with E-state index in [4.69, 9.17) is 0 Å². The number of fused-ring (bicyclic) bond motifs is 1. The van der Waals surface area contributed by atoms with E-state index in [1.807, 2.05) is 30.3 Å². The van der Waals surface area contributed by atoms with Crippen LogP contribution in [0.15, 0.2) is 70.5 Å². The third-order valence-corrected chi connectivity index (χ3v) is 8.02. The summed E-state index contributed by atoms with van der Waals surface area (Å²) in [6.45, 7) is 2.29. The van der Waals surface area contributed by atoms with E-state index in [0.29, 0.717) is 5.75 Å². The molecule has 0 radical (unpaired) electrons. The second-order valence-corrected chi connectivity index (χ2v) is 10.8. The first kappa shape index (κ1) is 26.7. The highest BCUT2D eigenvalue weighted by Gasteiger charge is 2.10. The first-order valence-electron chi connectivity index (χ1n) is 13.8. The number of aromatic hydroxyl groups is 1. The van der Waals surface area contributed by atoms with Crippen LogP contribution < -0.4 is 0 Å². The van der Waals surface area contributed by atoms with Crippen molar-refractivity contribution in [3.05, 3.63) is 66.2 Å². The quantitative estimate of drug-likeness (QED) is 0.195. The van der Waals surface area contributed by atoms with Gasteiger partial charge in [0, 0.05) is 10.3 Å². The third-order valence-electron chi connectivity index (χ3n) is 6.86. The number of phenols is 1. The van der Waals surface area contributed by atoms with Crippen molar-refractivity contribution in [2.45, 2.75) is 113 Å². The molecule has 0 atom stereocenters. The van der Waals surface area contributed by atoms with Crippen LogP contribution in [0.3, 0.4) is 0 Å². The molecule has 0 fully saturated rings. The molecule has 0 aliphatic rings. The molecule has 1 nitrogen and oxygen atoms in total. The number of hydrogen-bond acceptors (Lipinski definition) is 2. The normalized spacial score (nSPS) is 11.3. The topological polar surface area (TPSA) is 20.2 Å². The van der Waals surface area contributed by atoms with Crippen LogP contribution in [-0.4, -0.2) is 5.11 Å². The van der Waals surface area contributed by atoms with Crippen molar-refractivity contribution in [1.29, 1.82) is 0 Å². The molecule has 0 aromatic heterocycles. The van der Waals surface area contributed by atoms with Gasteiger partial charge < -0.3 is 5.11 Å². The zero-order valence-corrected chi connectivity index (χ0v) is 22.1. The second-order valence-electron chi connectivity index (χ2n) is 9.69. The first-order chi connectivity index (χ1) is 16.8. The first-order valence-corrected chi connectivity index (χ1v) is 14.6. The van der Waals surface area contributed by atoms with Crippen molar-refractivity contribution in [1.82, 2.24) is 0 Å². The summed E-state index contributed by atoms with van der Waals surface area (Å²) in [7, 11) is 0. The summed E-state index contributed by atoms with van der Waals surface area (Å²) >= 11 is 1.69.